The number of carbonyl (C=O) groups excluding carboxylic acids is 1. The minimum absolute atomic E-state index is 0.0247. The van der Waals surface area contributed by atoms with E-state index >= 15 is 0 Å². The van der Waals surface area contributed by atoms with Gasteiger partial charge in [0.1, 0.15) is 9.84 Å². The minimum Gasteiger partial charge on any atom is -0.379 e. The first-order valence-electron chi connectivity index (χ1n) is 7.68. The molecular formula is C14H26N2O4S. The molecule has 21 heavy (non-hydrogen) atoms. The van der Waals surface area contributed by atoms with Crippen LogP contribution < -0.4 is 10.6 Å². The third-order valence-electron chi connectivity index (χ3n) is 4.62. The molecule has 1 heterocycles. The van der Waals surface area contributed by atoms with E-state index in [1.807, 2.05) is 0 Å². The molecule has 2 N–H and O–H groups in total. The first-order valence-corrected chi connectivity index (χ1v) is 9.75. The Hall–Kier alpha value is -0.660. The molecule has 0 aromatic rings. The van der Waals surface area contributed by atoms with E-state index in [0.717, 1.165) is 32.4 Å². The SMILES string of the molecule is CS(=O)(=O)CCOCCNC(=O)[C@@]12CCCC[C@H]1CNC2. The number of hydrogen-bond donors (Lipinski definition) is 2. The van der Waals surface area contributed by atoms with E-state index in [-0.39, 0.29) is 23.7 Å². The number of ether oxygens (including phenoxy) is 1. The highest BCUT2D eigenvalue weighted by Gasteiger charge is 2.49. The highest BCUT2D eigenvalue weighted by molar-refractivity contribution is 7.90. The van der Waals surface area contributed by atoms with Gasteiger partial charge in [0.15, 0.2) is 0 Å². The van der Waals surface area contributed by atoms with Crippen LogP contribution in [0, 0.1) is 11.3 Å². The van der Waals surface area contributed by atoms with Gasteiger partial charge in [0.2, 0.25) is 5.91 Å². The van der Waals surface area contributed by atoms with Crippen LogP contribution in [0.5, 0.6) is 0 Å². The molecule has 122 valence electrons. The third-order valence-corrected chi connectivity index (χ3v) is 5.53. The number of fused-ring (bicyclic) bond motifs is 1. The summed E-state index contributed by atoms with van der Waals surface area (Å²) < 4.78 is 27.1. The zero-order chi connectivity index (χ0) is 15.3. The predicted octanol–water partition coefficient (Wildman–Crippen LogP) is -0.0564. The summed E-state index contributed by atoms with van der Waals surface area (Å²) in [6.45, 7) is 2.70. The second kappa shape index (κ2) is 7.07. The number of amides is 1. The number of sulfone groups is 1. The van der Waals surface area contributed by atoms with Gasteiger partial charge in [-0.25, -0.2) is 8.42 Å². The monoisotopic (exact) mass is 318 g/mol. The Balaban J connectivity index is 1.69. The molecule has 7 heteroatoms. The van der Waals surface area contributed by atoms with Crippen molar-refractivity contribution in [3.63, 3.8) is 0 Å². The minimum atomic E-state index is -2.98. The van der Waals surface area contributed by atoms with E-state index in [1.165, 1.54) is 12.7 Å². The van der Waals surface area contributed by atoms with Gasteiger partial charge in [0.25, 0.3) is 0 Å². The molecular weight excluding hydrogens is 292 g/mol. The Morgan fingerprint density at radius 3 is 2.95 bits per heavy atom. The van der Waals surface area contributed by atoms with Crippen LogP contribution in [0.15, 0.2) is 0 Å². The van der Waals surface area contributed by atoms with Gasteiger partial charge in [-0.15, -0.1) is 0 Å². The Bertz CT molecular complexity index is 466. The van der Waals surface area contributed by atoms with E-state index in [2.05, 4.69) is 10.6 Å². The van der Waals surface area contributed by atoms with Crippen LogP contribution in [0.3, 0.4) is 0 Å². The molecule has 2 fully saturated rings. The zero-order valence-corrected chi connectivity index (χ0v) is 13.5. The van der Waals surface area contributed by atoms with Gasteiger partial charge < -0.3 is 15.4 Å². The van der Waals surface area contributed by atoms with Crippen molar-refractivity contribution in [3.8, 4) is 0 Å². The van der Waals surface area contributed by atoms with Gasteiger partial charge >= 0.3 is 0 Å². The highest BCUT2D eigenvalue weighted by Crippen LogP contribution is 2.43. The number of hydrogen-bond acceptors (Lipinski definition) is 5. The number of rotatable bonds is 7. The second-order valence-corrected chi connectivity index (χ2v) is 8.49. The Morgan fingerprint density at radius 1 is 1.38 bits per heavy atom. The van der Waals surface area contributed by atoms with Crippen LogP contribution in [0.25, 0.3) is 0 Å². The predicted molar refractivity (Wildman–Crippen MR) is 80.8 cm³/mol. The normalized spacial score (nSPS) is 29.1. The lowest BCUT2D eigenvalue weighted by Gasteiger charge is -2.37. The average Bonchev–Trinajstić information content (AvgIpc) is 2.86. The van der Waals surface area contributed by atoms with E-state index in [4.69, 9.17) is 4.74 Å². The summed E-state index contributed by atoms with van der Waals surface area (Å²) in [5.41, 5.74) is -0.231. The van der Waals surface area contributed by atoms with Gasteiger partial charge in [-0.2, -0.15) is 0 Å². The van der Waals surface area contributed by atoms with Gasteiger partial charge in [-0.1, -0.05) is 12.8 Å². The maximum atomic E-state index is 12.5. The fourth-order valence-corrected chi connectivity index (χ4v) is 3.84. The van der Waals surface area contributed by atoms with Crippen molar-refractivity contribution >= 4 is 15.7 Å². The summed E-state index contributed by atoms with van der Waals surface area (Å²) in [5.74, 6) is 0.609. The van der Waals surface area contributed by atoms with E-state index in [0.29, 0.717) is 19.1 Å². The molecule has 0 bridgehead atoms. The van der Waals surface area contributed by atoms with Crippen LogP contribution in [0.4, 0.5) is 0 Å². The first-order chi connectivity index (χ1) is 9.94. The van der Waals surface area contributed by atoms with Gasteiger partial charge in [0.05, 0.1) is 24.4 Å². The van der Waals surface area contributed by atoms with Gasteiger partial charge in [-0.05, 0) is 25.3 Å². The summed E-state index contributed by atoms with van der Waals surface area (Å²) in [6.07, 6.45) is 5.62. The molecule has 1 saturated heterocycles. The molecule has 0 aromatic carbocycles. The summed E-state index contributed by atoms with van der Waals surface area (Å²) in [7, 11) is -2.98. The van der Waals surface area contributed by atoms with Crippen molar-refractivity contribution < 1.29 is 17.9 Å². The van der Waals surface area contributed by atoms with Crippen molar-refractivity contribution in [3.05, 3.63) is 0 Å². The lowest BCUT2D eigenvalue weighted by Crippen LogP contribution is -2.48. The lowest BCUT2D eigenvalue weighted by atomic mass is 9.67. The van der Waals surface area contributed by atoms with Gasteiger partial charge in [0, 0.05) is 19.3 Å². The Morgan fingerprint density at radius 2 is 2.19 bits per heavy atom. The topological polar surface area (TPSA) is 84.5 Å². The molecule has 1 aliphatic heterocycles. The van der Waals surface area contributed by atoms with Crippen molar-refractivity contribution in [2.45, 2.75) is 25.7 Å². The maximum Gasteiger partial charge on any atom is 0.227 e. The summed E-state index contributed by atoms with van der Waals surface area (Å²) in [5, 5.41) is 6.31. The fraction of sp³-hybridized carbons (Fsp3) is 0.929. The van der Waals surface area contributed by atoms with Crippen LogP contribution in [-0.4, -0.2) is 59.2 Å². The molecule has 2 aliphatic rings. The largest absolute Gasteiger partial charge is 0.379 e. The number of carbonyl (C=O) groups is 1. The van der Waals surface area contributed by atoms with Crippen molar-refractivity contribution in [2.75, 3.05) is 44.9 Å². The van der Waals surface area contributed by atoms with Crippen LogP contribution in [0.1, 0.15) is 25.7 Å². The quantitative estimate of drug-likeness (QED) is 0.643. The third kappa shape index (κ3) is 4.40. The fourth-order valence-electron chi connectivity index (χ4n) is 3.42. The molecule has 6 nitrogen and oxygen atoms in total. The molecule has 0 spiro atoms. The smallest absolute Gasteiger partial charge is 0.227 e. The van der Waals surface area contributed by atoms with E-state index in [1.54, 1.807) is 0 Å². The Labute approximate surface area is 126 Å². The molecule has 1 amide bonds. The van der Waals surface area contributed by atoms with Crippen molar-refractivity contribution in [1.29, 1.82) is 0 Å². The molecule has 1 aliphatic carbocycles. The first kappa shape index (κ1) is 16.7. The van der Waals surface area contributed by atoms with Gasteiger partial charge in [-0.3, -0.25) is 4.79 Å². The zero-order valence-electron chi connectivity index (χ0n) is 12.7. The Kier molecular flexibility index (Phi) is 5.62. The summed E-state index contributed by atoms with van der Waals surface area (Å²) in [6, 6.07) is 0. The van der Waals surface area contributed by atoms with Crippen LogP contribution in [0.2, 0.25) is 0 Å². The average molecular weight is 318 g/mol. The molecule has 2 rings (SSSR count). The summed E-state index contributed by atoms with van der Waals surface area (Å²) in [4.78, 5) is 12.5. The second-order valence-electron chi connectivity index (χ2n) is 6.23. The summed E-state index contributed by atoms with van der Waals surface area (Å²) >= 11 is 0. The molecule has 2 atom stereocenters. The maximum absolute atomic E-state index is 12.5. The van der Waals surface area contributed by atoms with E-state index < -0.39 is 9.84 Å². The molecule has 0 radical (unpaired) electrons. The van der Waals surface area contributed by atoms with Crippen LogP contribution >= 0.6 is 0 Å². The molecule has 0 aromatic heterocycles. The van der Waals surface area contributed by atoms with Crippen LogP contribution in [-0.2, 0) is 19.4 Å². The molecule has 0 unspecified atom stereocenters. The molecule has 1 saturated carbocycles. The van der Waals surface area contributed by atoms with Crippen molar-refractivity contribution in [2.24, 2.45) is 11.3 Å². The van der Waals surface area contributed by atoms with Crippen molar-refractivity contribution in [1.82, 2.24) is 10.6 Å². The number of nitrogens with one attached hydrogen (secondary N) is 2. The standard InChI is InChI=1S/C14H26N2O4S/c1-21(18,19)9-8-20-7-6-16-13(17)14-5-3-2-4-12(14)10-15-11-14/h12,15H,2-11H2,1H3,(H,16,17)/t12-,14+/m0/s1. The lowest BCUT2D eigenvalue weighted by molar-refractivity contribution is -0.134. The highest BCUT2D eigenvalue weighted by atomic mass is 32.2. The van der Waals surface area contributed by atoms with E-state index in [9.17, 15) is 13.2 Å².